The minimum atomic E-state index is -0.125. The summed E-state index contributed by atoms with van der Waals surface area (Å²) in [6.45, 7) is 4.73. The molecular weight excluding hydrogens is 731 g/mol. The Morgan fingerprint density at radius 2 is 0.729 bits per heavy atom. The third-order valence-corrected chi connectivity index (χ3v) is 13.5. The van der Waals surface area contributed by atoms with Crippen LogP contribution < -0.4 is 4.90 Å². The van der Waals surface area contributed by atoms with E-state index in [2.05, 4.69) is 231 Å². The predicted octanol–water partition coefficient (Wildman–Crippen LogP) is 16.3. The van der Waals surface area contributed by atoms with Crippen LogP contribution in [0.5, 0.6) is 0 Å². The highest BCUT2D eigenvalue weighted by Crippen LogP contribution is 2.53. The van der Waals surface area contributed by atoms with Crippen molar-refractivity contribution < 1.29 is 0 Å². The average Bonchev–Trinajstić information content (AvgIpc) is 3.52. The van der Waals surface area contributed by atoms with Gasteiger partial charge in [0.15, 0.2) is 0 Å². The van der Waals surface area contributed by atoms with Gasteiger partial charge in [0.2, 0.25) is 0 Å². The van der Waals surface area contributed by atoms with Crippen LogP contribution in [-0.2, 0) is 5.41 Å². The van der Waals surface area contributed by atoms with Gasteiger partial charge < -0.3 is 4.90 Å². The lowest BCUT2D eigenvalue weighted by Gasteiger charge is -2.29. The largest absolute Gasteiger partial charge is 0.310 e. The fourth-order valence-corrected chi connectivity index (χ4v) is 10.5. The highest BCUT2D eigenvalue weighted by Gasteiger charge is 2.36. The molecule has 0 N–H and O–H groups in total. The molecule has 1 aliphatic carbocycles. The number of hydrogen-bond acceptors (Lipinski definition) is 2. The number of anilines is 3. The first-order valence-corrected chi connectivity index (χ1v) is 21.2. The van der Waals surface area contributed by atoms with Gasteiger partial charge in [0.05, 0.1) is 0 Å². The van der Waals surface area contributed by atoms with Gasteiger partial charge >= 0.3 is 0 Å². The summed E-state index contributed by atoms with van der Waals surface area (Å²) in [7, 11) is 0. The zero-order chi connectivity index (χ0) is 39.5. The number of benzene rings is 9. The fraction of sp³-hybridized carbons (Fsp3) is 0.0526. The molecule has 0 radical (unpaired) electrons. The summed E-state index contributed by atoms with van der Waals surface area (Å²) in [6.07, 6.45) is 0. The molecule has 0 amide bonds. The van der Waals surface area contributed by atoms with E-state index >= 15 is 0 Å². The van der Waals surface area contributed by atoms with Gasteiger partial charge in [-0.25, -0.2) is 0 Å². The normalized spacial score (nSPS) is 13.0. The zero-order valence-corrected chi connectivity index (χ0v) is 33.9. The number of nitrogens with zero attached hydrogens (tertiary/aromatic N) is 1. The van der Waals surface area contributed by atoms with E-state index in [4.69, 9.17) is 0 Å². The maximum Gasteiger partial charge on any atom is 0.0468 e. The van der Waals surface area contributed by atoms with Crippen molar-refractivity contribution in [2.24, 2.45) is 0 Å². The van der Waals surface area contributed by atoms with Gasteiger partial charge in [-0.3, -0.25) is 0 Å². The van der Waals surface area contributed by atoms with Gasteiger partial charge in [-0.1, -0.05) is 189 Å². The maximum atomic E-state index is 2.45. The van der Waals surface area contributed by atoms with Gasteiger partial charge in [-0.05, 0) is 126 Å². The highest BCUT2D eigenvalue weighted by atomic mass is 32.2. The van der Waals surface area contributed by atoms with Crippen molar-refractivity contribution in [3.8, 4) is 66.8 Å². The summed E-state index contributed by atoms with van der Waals surface area (Å²) in [5, 5.41) is 0. The molecule has 9 aromatic carbocycles. The molecule has 1 nitrogen and oxygen atoms in total. The quantitative estimate of drug-likeness (QED) is 0.175. The molecule has 1 aliphatic heterocycles. The third-order valence-electron chi connectivity index (χ3n) is 12.3. The Morgan fingerprint density at radius 3 is 1.37 bits per heavy atom. The van der Waals surface area contributed by atoms with Crippen LogP contribution in [0.4, 0.5) is 17.1 Å². The van der Waals surface area contributed by atoms with E-state index in [1.165, 1.54) is 87.7 Å². The van der Waals surface area contributed by atoms with Crippen LogP contribution >= 0.6 is 11.8 Å². The van der Waals surface area contributed by atoms with Crippen LogP contribution in [-0.4, -0.2) is 0 Å². The van der Waals surface area contributed by atoms with Crippen molar-refractivity contribution in [2.75, 3.05) is 4.90 Å². The fourth-order valence-electron chi connectivity index (χ4n) is 9.42. The van der Waals surface area contributed by atoms with Crippen molar-refractivity contribution in [1.29, 1.82) is 0 Å². The Labute approximate surface area is 351 Å². The molecule has 2 heteroatoms. The Balaban J connectivity index is 1.14. The van der Waals surface area contributed by atoms with Crippen LogP contribution in [0.1, 0.15) is 25.0 Å². The Bertz CT molecular complexity index is 3050. The minimum absolute atomic E-state index is 0.125. The van der Waals surface area contributed by atoms with Crippen molar-refractivity contribution in [2.45, 2.75) is 29.1 Å². The van der Waals surface area contributed by atoms with E-state index in [-0.39, 0.29) is 5.41 Å². The number of rotatable bonds is 4. The van der Waals surface area contributed by atoms with Gasteiger partial charge in [-0.2, -0.15) is 0 Å². The molecule has 0 unspecified atom stereocenters. The highest BCUT2D eigenvalue weighted by molar-refractivity contribution is 7.99. The number of hydrogen-bond donors (Lipinski definition) is 0. The van der Waals surface area contributed by atoms with E-state index in [0.29, 0.717) is 0 Å². The molecule has 280 valence electrons. The average molecular weight is 772 g/mol. The first kappa shape index (κ1) is 35.3. The van der Waals surface area contributed by atoms with E-state index in [1.807, 2.05) is 11.8 Å². The molecule has 0 saturated carbocycles. The molecule has 1 heterocycles. The SMILES string of the molecule is CC1(C)c2ccccc2-c2ccc(N(c3ccc(-c4ccccc4)cc3)c3ccc4c(c3)-c3ccccc3-c3ccccc3-c3ccccc3-c3ccccc3S4)cc21. The minimum Gasteiger partial charge on any atom is -0.310 e. The molecule has 0 saturated heterocycles. The molecule has 0 aromatic heterocycles. The smallest absolute Gasteiger partial charge is 0.0468 e. The zero-order valence-electron chi connectivity index (χ0n) is 33.1. The van der Waals surface area contributed by atoms with Gasteiger partial charge in [0.25, 0.3) is 0 Å². The lowest BCUT2D eigenvalue weighted by Crippen LogP contribution is -2.16. The van der Waals surface area contributed by atoms with Crippen LogP contribution in [0.3, 0.4) is 0 Å². The summed E-state index contributed by atoms with van der Waals surface area (Å²) in [5.74, 6) is 0. The van der Waals surface area contributed by atoms with Gasteiger partial charge in [0, 0.05) is 32.3 Å². The summed E-state index contributed by atoms with van der Waals surface area (Å²) < 4.78 is 0. The van der Waals surface area contributed by atoms with Crippen molar-refractivity contribution in [3.63, 3.8) is 0 Å². The molecule has 59 heavy (non-hydrogen) atoms. The van der Waals surface area contributed by atoms with Crippen LogP contribution in [0.25, 0.3) is 66.8 Å². The van der Waals surface area contributed by atoms with E-state index < -0.39 is 0 Å². The first-order chi connectivity index (χ1) is 29.0. The standard InChI is InChI=1S/C57H41NS/c1-57(2)53-26-14-12-24-49(53)50-34-32-42(37-54(50)57)58(40-30-28-39(29-31-40)38-16-4-3-5-17-38)41-33-35-56-52(36-41)48-23-11-9-21-46(48)44-19-7-6-18-43(44)45-20-8-10-22-47(45)51-25-13-15-27-55(51)59-56/h3-37H,1-2H3. The molecule has 0 bridgehead atoms. The van der Waals surface area contributed by atoms with Crippen molar-refractivity contribution >= 4 is 28.8 Å². The summed E-state index contributed by atoms with van der Waals surface area (Å²) in [4.78, 5) is 4.90. The van der Waals surface area contributed by atoms with E-state index in [1.54, 1.807) is 0 Å². The monoisotopic (exact) mass is 771 g/mol. The predicted molar refractivity (Wildman–Crippen MR) is 250 cm³/mol. The van der Waals surface area contributed by atoms with Gasteiger partial charge in [0.1, 0.15) is 0 Å². The topological polar surface area (TPSA) is 3.24 Å². The molecule has 11 rings (SSSR count). The van der Waals surface area contributed by atoms with E-state index in [9.17, 15) is 0 Å². The molecule has 2 aliphatic rings. The lowest BCUT2D eigenvalue weighted by molar-refractivity contribution is 0.660. The second-order valence-corrected chi connectivity index (χ2v) is 17.1. The van der Waals surface area contributed by atoms with E-state index in [0.717, 1.165) is 17.1 Å². The second-order valence-electron chi connectivity index (χ2n) is 16.1. The molecule has 0 spiro atoms. The Kier molecular flexibility index (Phi) is 8.50. The van der Waals surface area contributed by atoms with Crippen molar-refractivity contribution in [3.05, 3.63) is 223 Å². The lowest BCUT2D eigenvalue weighted by atomic mass is 9.82. The van der Waals surface area contributed by atoms with Crippen LogP contribution in [0.2, 0.25) is 0 Å². The van der Waals surface area contributed by atoms with Crippen molar-refractivity contribution in [1.82, 2.24) is 0 Å². The summed E-state index contributed by atoms with van der Waals surface area (Å²) in [6, 6.07) is 78.4. The first-order valence-electron chi connectivity index (χ1n) is 20.4. The molecule has 9 aromatic rings. The summed E-state index contributed by atoms with van der Waals surface area (Å²) >= 11 is 1.86. The summed E-state index contributed by atoms with van der Waals surface area (Å²) in [5.41, 5.74) is 20.9. The molecule has 0 fully saturated rings. The van der Waals surface area contributed by atoms with Crippen LogP contribution in [0, 0.1) is 0 Å². The van der Waals surface area contributed by atoms with Crippen LogP contribution in [0.15, 0.2) is 222 Å². The Hall–Kier alpha value is -6.87. The third kappa shape index (κ3) is 5.94. The molecule has 0 atom stereocenters. The second kappa shape index (κ2) is 14.2. The van der Waals surface area contributed by atoms with Gasteiger partial charge in [-0.15, -0.1) is 0 Å². The number of fused-ring (bicyclic) bond motifs is 12. The maximum absolute atomic E-state index is 2.45. The molecular formula is C57H41NS. The Morgan fingerprint density at radius 1 is 0.305 bits per heavy atom.